The molecule has 2 N–H and O–H groups in total. The molecular weight excluding hydrogens is 254 g/mol. The second-order valence-electron chi connectivity index (χ2n) is 3.98. The van der Waals surface area contributed by atoms with Crippen molar-refractivity contribution in [3.63, 3.8) is 0 Å². The Morgan fingerprint density at radius 1 is 1.33 bits per heavy atom. The Balaban J connectivity index is 2.14. The fourth-order valence-corrected chi connectivity index (χ4v) is 2.33. The van der Waals surface area contributed by atoms with Crippen molar-refractivity contribution in [3.8, 4) is 5.75 Å². The van der Waals surface area contributed by atoms with Gasteiger partial charge in [-0.2, -0.15) is 0 Å². The fourth-order valence-electron chi connectivity index (χ4n) is 1.99. The minimum absolute atomic E-state index is 0.393. The molecule has 0 saturated heterocycles. The summed E-state index contributed by atoms with van der Waals surface area (Å²) >= 11 is 3.45. The van der Waals surface area contributed by atoms with E-state index in [4.69, 9.17) is 10.5 Å². The predicted octanol–water partition coefficient (Wildman–Crippen LogP) is 3.23. The number of hydrogen-bond acceptors (Lipinski definition) is 2. The molecule has 2 rings (SSSR count). The summed E-state index contributed by atoms with van der Waals surface area (Å²) in [6.07, 6.45) is 5.32. The lowest BCUT2D eigenvalue weighted by Crippen LogP contribution is -2.13. The molecule has 1 aromatic carbocycles. The summed E-state index contributed by atoms with van der Waals surface area (Å²) in [6.45, 7) is 0.537. The zero-order valence-corrected chi connectivity index (χ0v) is 10.3. The second kappa shape index (κ2) is 4.99. The van der Waals surface area contributed by atoms with Gasteiger partial charge < -0.3 is 10.5 Å². The topological polar surface area (TPSA) is 35.2 Å². The van der Waals surface area contributed by atoms with E-state index in [1.807, 2.05) is 18.2 Å². The highest BCUT2D eigenvalue weighted by Crippen LogP contribution is 2.28. The standard InChI is InChI=1S/C12H16BrNO/c13-10-6-5-9(8-14)12(7-10)15-11-3-1-2-4-11/h5-7,11H,1-4,8,14H2. The first-order valence-corrected chi connectivity index (χ1v) is 6.24. The maximum absolute atomic E-state index is 5.97. The maximum Gasteiger partial charge on any atom is 0.125 e. The number of halogens is 1. The van der Waals surface area contributed by atoms with Crippen LogP contribution in [-0.4, -0.2) is 6.10 Å². The SMILES string of the molecule is NCc1ccc(Br)cc1OC1CCCC1. The van der Waals surface area contributed by atoms with E-state index in [-0.39, 0.29) is 0 Å². The van der Waals surface area contributed by atoms with Gasteiger partial charge in [-0.3, -0.25) is 0 Å². The Kier molecular flexibility index (Phi) is 3.65. The van der Waals surface area contributed by atoms with Gasteiger partial charge in [0, 0.05) is 16.6 Å². The average Bonchev–Trinajstić information content (AvgIpc) is 2.71. The lowest BCUT2D eigenvalue weighted by molar-refractivity contribution is 0.208. The average molecular weight is 270 g/mol. The number of nitrogens with two attached hydrogens (primary N) is 1. The van der Waals surface area contributed by atoms with Gasteiger partial charge in [0.15, 0.2) is 0 Å². The van der Waals surface area contributed by atoms with Crippen molar-refractivity contribution < 1.29 is 4.74 Å². The van der Waals surface area contributed by atoms with E-state index >= 15 is 0 Å². The van der Waals surface area contributed by atoms with E-state index in [1.165, 1.54) is 25.7 Å². The summed E-state index contributed by atoms with van der Waals surface area (Å²) in [5.74, 6) is 0.943. The molecular formula is C12H16BrNO. The molecule has 15 heavy (non-hydrogen) atoms. The van der Waals surface area contributed by atoms with Crippen molar-refractivity contribution in [1.29, 1.82) is 0 Å². The van der Waals surface area contributed by atoms with Crippen LogP contribution in [0.1, 0.15) is 31.2 Å². The molecule has 1 aliphatic carbocycles. The molecule has 3 heteroatoms. The van der Waals surface area contributed by atoms with Crippen molar-refractivity contribution in [1.82, 2.24) is 0 Å². The van der Waals surface area contributed by atoms with Crippen molar-refractivity contribution in [2.45, 2.75) is 38.3 Å². The van der Waals surface area contributed by atoms with Crippen LogP contribution in [0.5, 0.6) is 5.75 Å². The fraction of sp³-hybridized carbons (Fsp3) is 0.500. The third-order valence-corrected chi connectivity index (χ3v) is 3.34. The van der Waals surface area contributed by atoms with E-state index in [1.54, 1.807) is 0 Å². The highest BCUT2D eigenvalue weighted by molar-refractivity contribution is 9.10. The Bertz CT molecular complexity index is 334. The van der Waals surface area contributed by atoms with Gasteiger partial charge in [-0.15, -0.1) is 0 Å². The molecule has 0 atom stereocenters. The molecule has 0 bridgehead atoms. The summed E-state index contributed by atoms with van der Waals surface area (Å²) in [4.78, 5) is 0. The maximum atomic E-state index is 5.97. The van der Waals surface area contributed by atoms with Crippen LogP contribution in [0.4, 0.5) is 0 Å². The molecule has 0 unspecified atom stereocenters. The van der Waals surface area contributed by atoms with Crippen LogP contribution >= 0.6 is 15.9 Å². The molecule has 0 aliphatic heterocycles. The lowest BCUT2D eigenvalue weighted by atomic mass is 10.2. The quantitative estimate of drug-likeness (QED) is 0.915. The number of benzene rings is 1. The summed E-state index contributed by atoms with van der Waals surface area (Å²) in [7, 11) is 0. The van der Waals surface area contributed by atoms with Crippen LogP contribution in [-0.2, 0) is 6.54 Å². The Labute approximate surface area is 98.9 Å². The molecule has 82 valence electrons. The van der Waals surface area contributed by atoms with Gasteiger partial charge in [0.25, 0.3) is 0 Å². The van der Waals surface area contributed by atoms with Gasteiger partial charge in [-0.1, -0.05) is 22.0 Å². The van der Waals surface area contributed by atoms with E-state index in [0.717, 1.165) is 15.8 Å². The van der Waals surface area contributed by atoms with Crippen molar-refractivity contribution in [3.05, 3.63) is 28.2 Å². The number of ether oxygens (including phenoxy) is 1. The largest absolute Gasteiger partial charge is 0.490 e. The summed E-state index contributed by atoms with van der Waals surface area (Å²) in [5.41, 5.74) is 6.77. The Morgan fingerprint density at radius 3 is 2.73 bits per heavy atom. The van der Waals surface area contributed by atoms with Crippen LogP contribution in [0.2, 0.25) is 0 Å². The molecule has 0 aromatic heterocycles. The minimum Gasteiger partial charge on any atom is -0.490 e. The highest BCUT2D eigenvalue weighted by Gasteiger charge is 2.17. The first-order chi connectivity index (χ1) is 7.29. The van der Waals surface area contributed by atoms with E-state index in [9.17, 15) is 0 Å². The number of rotatable bonds is 3. The van der Waals surface area contributed by atoms with Gasteiger partial charge in [0.05, 0.1) is 6.10 Å². The van der Waals surface area contributed by atoms with Gasteiger partial charge in [0.1, 0.15) is 5.75 Å². The second-order valence-corrected chi connectivity index (χ2v) is 4.90. The first kappa shape index (κ1) is 11.0. The molecule has 1 aliphatic rings. The molecule has 1 aromatic rings. The minimum atomic E-state index is 0.393. The van der Waals surface area contributed by atoms with Crippen LogP contribution in [0.3, 0.4) is 0 Å². The van der Waals surface area contributed by atoms with E-state index < -0.39 is 0 Å². The van der Waals surface area contributed by atoms with Crippen molar-refractivity contribution in [2.24, 2.45) is 5.73 Å². The van der Waals surface area contributed by atoms with Gasteiger partial charge in [0.2, 0.25) is 0 Å². The first-order valence-electron chi connectivity index (χ1n) is 5.45. The molecule has 0 amide bonds. The third kappa shape index (κ3) is 2.73. The zero-order valence-electron chi connectivity index (χ0n) is 8.71. The van der Waals surface area contributed by atoms with Gasteiger partial charge >= 0.3 is 0 Å². The van der Waals surface area contributed by atoms with Gasteiger partial charge in [-0.25, -0.2) is 0 Å². The van der Waals surface area contributed by atoms with Crippen LogP contribution < -0.4 is 10.5 Å². The Morgan fingerprint density at radius 2 is 2.07 bits per heavy atom. The zero-order chi connectivity index (χ0) is 10.7. The van der Waals surface area contributed by atoms with Crippen molar-refractivity contribution in [2.75, 3.05) is 0 Å². The molecule has 0 heterocycles. The normalized spacial score (nSPS) is 16.9. The summed E-state index contributed by atoms with van der Waals surface area (Å²) < 4.78 is 7.02. The van der Waals surface area contributed by atoms with Crippen LogP contribution in [0, 0.1) is 0 Å². The monoisotopic (exact) mass is 269 g/mol. The number of hydrogen-bond donors (Lipinski definition) is 1. The van der Waals surface area contributed by atoms with Crippen molar-refractivity contribution >= 4 is 15.9 Å². The highest BCUT2D eigenvalue weighted by atomic mass is 79.9. The van der Waals surface area contributed by atoms with E-state index in [2.05, 4.69) is 15.9 Å². The lowest BCUT2D eigenvalue weighted by Gasteiger charge is -2.16. The Hall–Kier alpha value is -0.540. The summed E-state index contributed by atoms with van der Waals surface area (Å²) in [5, 5.41) is 0. The molecule has 0 radical (unpaired) electrons. The molecule has 1 fully saturated rings. The van der Waals surface area contributed by atoms with E-state index in [0.29, 0.717) is 12.6 Å². The van der Waals surface area contributed by atoms with Crippen LogP contribution in [0.15, 0.2) is 22.7 Å². The van der Waals surface area contributed by atoms with Gasteiger partial charge in [-0.05, 0) is 37.8 Å². The molecule has 1 saturated carbocycles. The molecule has 0 spiro atoms. The third-order valence-electron chi connectivity index (χ3n) is 2.84. The predicted molar refractivity (Wildman–Crippen MR) is 64.9 cm³/mol. The molecule has 2 nitrogen and oxygen atoms in total. The van der Waals surface area contributed by atoms with Crippen LogP contribution in [0.25, 0.3) is 0 Å². The smallest absolute Gasteiger partial charge is 0.125 e. The summed E-state index contributed by atoms with van der Waals surface area (Å²) in [6, 6.07) is 6.04.